The number of nitrogens with zero attached hydrogens (tertiary/aromatic N) is 5. The molecule has 2 N–H and O–H groups in total. The number of hydrazone groups is 1. The second kappa shape index (κ2) is 8.64. The van der Waals surface area contributed by atoms with Crippen molar-refractivity contribution in [2.75, 3.05) is 0 Å². The molecule has 32 heavy (non-hydrogen) atoms. The zero-order valence-electron chi connectivity index (χ0n) is 17.3. The Morgan fingerprint density at radius 3 is 2.69 bits per heavy atom. The standard InChI is InChI=1S/C22H19N7O3/c1-14-21(15(2)28(27-14)17-8-4-3-5-9-17)19-12-20(25-24-19)22(30)26-23-13-16-7-6-10-18(11-16)29(31)32/h3-13H,1-2H3,(H,24,25)(H,26,30)/b23-13-. The van der Waals surface area contributed by atoms with Gasteiger partial charge in [-0.25, -0.2) is 10.1 Å². The maximum absolute atomic E-state index is 12.4. The molecule has 0 unspecified atom stereocenters. The Morgan fingerprint density at radius 2 is 1.94 bits per heavy atom. The first-order valence-electron chi connectivity index (χ1n) is 9.69. The van der Waals surface area contributed by atoms with Gasteiger partial charge in [0.2, 0.25) is 0 Å². The van der Waals surface area contributed by atoms with E-state index in [1.54, 1.807) is 18.2 Å². The Kier molecular flexibility index (Phi) is 5.58. The average Bonchev–Trinajstić information content (AvgIpc) is 3.38. The lowest BCUT2D eigenvalue weighted by Crippen LogP contribution is -2.18. The number of aromatic amines is 1. The van der Waals surface area contributed by atoms with Crippen molar-refractivity contribution in [3.05, 3.63) is 93.4 Å². The molecule has 160 valence electrons. The van der Waals surface area contributed by atoms with Gasteiger partial charge in [0.1, 0.15) is 5.69 Å². The van der Waals surface area contributed by atoms with Crippen LogP contribution in [0.4, 0.5) is 5.69 Å². The quantitative estimate of drug-likeness (QED) is 0.275. The van der Waals surface area contributed by atoms with Crippen LogP contribution in [0.1, 0.15) is 27.4 Å². The number of rotatable bonds is 6. The highest BCUT2D eigenvalue weighted by Crippen LogP contribution is 2.27. The van der Waals surface area contributed by atoms with Crippen molar-refractivity contribution < 1.29 is 9.72 Å². The number of hydrogen-bond donors (Lipinski definition) is 2. The number of amides is 1. The maximum atomic E-state index is 12.4. The first kappa shape index (κ1) is 20.7. The van der Waals surface area contributed by atoms with Crippen LogP contribution in [0.5, 0.6) is 0 Å². The molecule has 0 aliphatic rings. The van der Waals surface area contributed by atoms with E-state index in [1.807, 2.05) is 48.9 Å². The van der Waals surface area contributed by atoms with Crippen LogP contribution in [0.15, 0.2) is 65.8 Å². The molecule has 0 radical (unpaired) electrons. The summed E-state index contributed by atoms with van der Waals surface area (Å²) < 4.78 is 1.84. The third-order valence-corrected chi connectivity index (χ3v) is 4.83. The van der Waals surface area contributed by atoms with Crippen molar-refractivity contribution in [2.45, 2.75) is 13.8 Å². The van der Waals surface area contributed by atoms with Crippen LogP contribution in [-0.4, -0.2) is 37.0 Å². The van der Waals surface area contributed by atoms with Gasteiger partial charge in [0.15, 0.2) is 0 Å². The van der Waals surface area contributed by atoms with E-state index in [4.69, 9.17) is 0 Å². The molecule has 0 bridgehead atoms. The topological polar surface area (TPSA) is 131 Å². The van der Waals surface area contributed by atoms with Crippen LogP contribution < -0.4 is 5.43 Å². The number of carbonyl (C=O) groups is 1. The predicted molar refractivity (Wildman–Crippen MR) is 119 cm³/mol. The number of nitro benzene ring substituents is 1. The Hall–Kier alpha value is -4.60. The zero-order chi connectivity index (χ0) is 22.7. The molecule has 0 fully saturated rings. The minimum absolute atomic E-state index is 0.0553. The molecule has 0 aliphatic carbocycles. The molecule has 10 heteroatoms. The summed E-state index contributed by atoms with van der Waals surface area (Å²) in [6.07, 6.45) is 1.33. The minimum Gasteiger partial charge on any atom is -0.272 e. The van der Waals surface area contributed by atoms with Crippen LogP contribution in [0.25, 0.3) is 16.9 Å². The first-order chi connectivity index (χ1) is 15.4. The first-order valence-corrected chi connectivity index (χ1v) is 9.69. The molecule has 2 aromatic heterocycles. The molecule has 2 heterocycles. The van der Waals surface area contributed by atoms with E-state index in [2.05, 4.69) is 25.8 Å². The highest BCUT2D eigenvalue weighted by Gasteiger charge is 2.18. The van der Waals surface area contributed by atoms with Gasteiger partial charge in [-0.15, -0.1) is 0 Å². The van der Waals surface area contributed by atoms with Gasteiger partial charge in [0, 0.05) is 23.3 Å². The summed E-state index contributed by atoms with van der Waals surface area (Å²) in [6.45, 7) is 3.83. The number of non-ortho nitro benzene ring substituents is 1. The Morgan fingerprint density at radius 1 is 1.16 bits per heavy atom. The third kappa shape index (κ3) is 4.15. The number of aromatic nitrogens is 4. The number of hydrogen-bond acceptors (Lipinski definition) is 6. The molecule has 10 nitrogen and oxygen atoms in total. The van der Waals surface area contributed by atoms with Gasteiger partial charge in [0.05, 0.1) is 33.9 Å². The van der Waals surface area contributed by atoms with Gasteiger partial charge in [-0.2, -0.15) is 15.3 Å². The number of nitrogens with one attached hydrogen (secondary N) is 2. The molecular formula is C22H19N7O3. The largest absolute Gasteiger partial charge is 0.289 e. The van der Waals surface area contributed by atoms with Crippen molar-refractivity contribution in [1.29, 1.82) is 0 Å². The third-order valence-electron chi connectivity index (χ3n) is 4.83. The number of benzene rings is 2. The number of nitro groups is 1. The lowest BCUT2D eigenvalue weighted by Gasteiger charge is -2.04. The smallest absolute Gasteiger partial charge is 0.272 e. The van der Waals surface area contributed by atoms with Gasteiger partial charge in [0.25, 0.3) is 11.6 Å². The van der Waals surface area contributed by atoms with Crippen molar-refractivity contribution >= 4 is 17.8 Å². The predicted octanol–water partition coefficient (Wildman–Crippen LogP) is 3.55. The van der Waals surface area contributed by atoms with Gasteiger partial charge >= 0.3 is 0 Å². The summed E-state index contributed by atoms with van der Waals surface area (Å²) in [4.78, 5) is 22.8. The van der Waals surface area contributed by atoms with E-state index >= 15 is 0 Å². The second-order valence-corrected chi connectivity index (χ2v) is 7.01. The van der Waals surface area contributed by atoms with E-state index in [1.165, 1.54) is 18.3 Å². The summed E-state index contributed by atoms with van der Waals surface area (Å²) in [5.74, 6) is -0.490. The van der Waals surface area contributed by atoms with Gasteiger partial charge in [-0.3, -0.25) is 20.0 Å². The second-order valence-electron chi connectivity index (χ2n) is 7.01. The number of para-hydroxylation sites is 1. The van der Waals surface area contributed by atoms with Crippen molar-refractivity contribution in [2.24, 2.45) is 5.10 Å². The highest BCUT2D eigenvalue weighted by atomic mass is 16.6. The number of aryl methyl sites for hydroxylation is 1. The fourth-order valence-electron chi connectivity index (χ4n) is 3.34. The molecule has 0 atom stereocenters. The van der Waals surface area contributed by atoms with E-state index in [9.17, 15) is 14.9 Å². The average molecular weight is 429 g/mol. The Labute approximate surface area is 182 Å². The molecular weight excluding hydrogens is 410 g/mol. The summed E-state index contributed by atoms with van der Waals surface area (Å²) in [6, 6.07) is 17.3. The maximum Gasteiger partial charge on any atom is 0.289 e. The molecule has 4 rings (SSSR count). The van der Waals surface area contributed by atoms with Crippen molar-refractivity contribution in [1.82, 2.24) is 25.4 Å². The van der Waals surface area contributed by atoms with Gasteiger partial charge in [-0.05, 0) is 32.0 Å². The van der Waals surface area contributed by atoms with Crippen LogP contribution in [-0.2, 0) is 0 Å². The van der Waals surface area contributed by atoms with Gasteiger partial charge in [-0.1, -0.05) is 30.3 Å². The Bertz CT molecular complexity index is 1320. The highest BCUT2D eigenvalue weighted by molar-refractivity contribution is 5.94. The van der Waals surface area contributed by atoms with E-state index in [0.717, 1.165) is 22.6 Å². The molecule has 0 aliphatic heterocycles. The van der Waals surface area contributed by atoms with E-state index in [-0.39, 0.29) is 11.4 Å². The fourth-order valence-corrected chi connectivity index (χ4v) is 3.34. The summed E-state index contributed by atoms with van der Waals surface area (Å²) in [5, 5.41) is 26.3. The molecule has 0 spiro atoms. The van der Waals surface area contributed by atoms with Crippen LogP contribution in [0, 0.1) is 24.0 Å². The van der Waals surface area contributed by atoms with Crippen molar-refractivity contribution in [3.63, 3.8) is 0 Å². The Balaban J connectivity index is 1.51. The fraction of sp³-hybridized carbons (Fsp3) is 0.0909. The zero-order valence-corrected chi connectivity index (χ0v) is 17.3. The van der Waals surface area contributed by atoms with Crippen LogP contribution in [0.3, 0.4) is 0 Å². The summed E-state index contributed by atoms with van der Waals surface area (Å²) in [7, 11) is 0. The number of H-pyrrole nitrogens is 1. The molecule has 4 aromatic rings. The monoisotopic (exact) mass is 429 g/mol. The molecule has 0 saturated heterocycles. The van der Waals surface area contributed by atoms with E-state index in [0.29, 0.717) is 11.3 Å². The molecule has 0 saturated carbocycles. The normalized spacial score (nSPS) is 11.1. The number of carbonyl (C=O) groups excluding carboxylic acids is 1. The molecule has 2 aromatic carbocycles. The van der Waals surface area contributed by atoms with Crippen LogP contribution in [0.2, 0.25) is 0 Å². The lowest BCUT2D eigenvalue weighted by atomic mass is 10.1. The SMILES string of the molecule is Cc1nn(-c2ccccc2)c(C)c1-c1cc(C(=O)N/N=C\c2cccc([N+](=O)[O-])c2)[nH]n1. The van der Waals surface area contributed by atoms with Crippen molar-refractivity contribution in [3.8, 4) is 16.9 Å². The van der Waals surface area contributed by atoms with Crippen LogP contribution >= 0.6 is 0 Å². The minimum atomic E-state index is -0.494. The lowest BCUT2D eigenvalue weighted by molar-refractivity contribution is -0.384. The van der Waals surface area contributed by atoms with Gasteiger partial charge < -0.3 is 0 Å². The summed E-state index contributed by atoms with van der Waals surface area (Å²) in [5.41, 5.74) is 7.10. The van der Waals surface area contributed by atoms with E-state index < -0.39 is 10.8 Å². The summed E-state index contributed by atoms with van der Waals surface area (Å²) >= 11 is 0. The molecule has 1 amide bonds.